The summed E-state index contributed by atoms with van der Waals surface area (Å²) in [4.78, 5) is 63.7. The lowest BCUT2D eigenvalue weighted by atomic mass is 9.79. The predicted octanol–water partition coefficient (Wildman–Crippen LogP) is 2.23. The minimum Gasteiger partial charge on any atom is -0.462 e. The Hall–Kier alpha value is -2.76. The lowest BCUT2D eigenvalue weighted by molar-refractivity contribution is -0.177. The number of hydrogen-bond acceptors (Lipinski definition) is 10. The van der Waals surface area contributed by atoms with Crippen molar-refractivity contribution in [3.8, 4) is 0 Å². The first-order valence-corrected chi connectivity index (χ1v) is 13.2. The summed E-state index contributed by atoms with van der Waals surface area (Å²) in [6, 6.07) is -0.398. The molecular formula is C24H32N2O9S. The molecule has 36 heavy (non-hydrogen) atoms. The number of carbonyl (C=O) groups excluding carboxylic acids is 5. The molecule has 0 aromatic heterocycles. The number of ether oxygens (including phenoxy) is 4. The van der Waals surface area contributed by atoms with Crippen LogP contribution in [0.1, 0.15) is 59.8 Å². The van der Waals surface area contributed by atoms with Crippen LogP contribution in [0.2, 0.25) is 0 Å². The van der Waals surface area contributed by atoms with Crippen LogP contribution in [-0.2, 0) is 38.1 Å². The molecule has 4 rings (SSSR count). The number of amides is 2. The number of rotatable bonds is 8. The Morgan fingerprint density at radius 3 is 2.39 bits per heavy atom. The lowest BCUT2D eigenvalue weighted by Gasteiger charge is -2.47. The third-order valence-corrected chi connectivity index (χ3v) is 8.46. The van der Waals surface area contributed by atoms with Crippen molar-refractivity contribution in [1.82, 2.24) is 10.2 Å². The number of esters is 2. The van der Waals surface area contributed by atoms with Crippen LogP contribution in [0.15, 0.2) is 10.6 Å². The number of carbonyl (C=O) groups is 5. The summed E-state index contributed by atoms with van der Waals surface area (Å²) in [5, 5.41) is 2.67. The van der Waals surface area contributed by atoms with Gasteiger partial charge < -0.3 is 29.2 Å². The molecule has 2 saturated heterocycles. The van der Waals surface area contributed by atoms with Gasteiger partial charge in [-0.05, 0) is 32.6 Å². The summed E-state index contributed by atoms with van der Waals surface area (Å²) in [6.07, 6.45) is 0.816. The number of nitrogens with zero attached hydrogens (tertiary/aromatic N) is 1. The first-order valence-electron chi connectivity index (χ1n) is 12.3. The standard InChI is InChI=1S/C24H32N2O9S/c1-11-19-18(12(2)32-13(3)27)22(29)26(19)20(21(11)36-16-9-17(28)25-10-16)23(30)33-14(4)34-24(31)35-15-7-5-6-8-15/h11-12,14-16,18-19H,5-10H2,1-4H3,(H,25,28)/t11-,12-,14?,16?,18?,19?/m1/s1. The van der Waals surface area contributed by atoms with Crippen LogP contribution in [-0.4, -0.2) is 71.1 Å². The van der Waals surface area contributed by atoms with Gasteiger partial charge in [-0.3, -0.25) is 14.4 Å². The van der Waals surface area contributed by atoms with Crippen molar-refractivity contribution in [1.29, 1.82) is 0 Å². The summed E-state index contributed by atoms with van der Waals surface area (Å²) < 4.78 is 21.0. The first-order chi connectivity index (χ1) is 17.1. The van der Waals surface area contributed by atoms with E-state index in [-0.39, 0.29) is 34.8 Å². The van der Waals surface area contributed by atoms with Gasteiger partial charge in [0.05, 0.1) is 12.0 Å². The maximum atomic E-state index is 13.3. The Morgan fingerprint density at radius 1 is 1.08 bits per heavy atom. The Labute approximate surface area is 213 Å². The summed E-state index contributed by atoms with van der Waals surface area (Å²) in [6.45, 7) is 6.67. The molecule has 0 bridgehead atoms. The third kappa shape index (κ3) is 5.33. The zero-order valence-corrected chi connectivity index (χ0v) is 21.6. The molecule has 3 fully saturated rings. The minimum absolute atomic E-state index is 0.0766. The van der Waals surface area contributed by atoms with E-state index >= 15 is 0 Å². The van der Waals surface area contributed by atoms with Crippen LogP contribution >= 0.6 is 11.8 Å². The summed E-state index contributed by atoms with van der Waals surface area (Å²) in [7, 11) is 0. The Bertz CT molecular complexity index is 977. The highest BCUT2D eigenvalue weighted by Crippen LogP contribution is 2.52. The highest BCUT2D eigenvalue weighted by atomic mass is 32.2. The largest absolute Gasteiger partial charge is 0.511 e. The summed E-state index contributed by atoms with van der Waals surface area (Å²) >= 11 is 1.36. The van der Waals surface area contributed by atoms with Crippen molar-refractivity contribution < 1.29 is 42.9 Å². The minimum atomic E-state index is -1.23. The Balaban J connectivity index is 1.49. The topological polar surface area (TPSA) is 138 Å². The van der Waals surface area contributed by atoms with E-state index in [0.717, 1.165) is 25.7 Å². The van der Waals surface area contributed by atoms with Gasteiger partial charge in [0.15, 0.2) is 0 Å². The second-order valence-corrected chi connectivity index (χ2v) is 11.0. The van der Waals surface area contributed by atoms with Crippen molar-refractivity contribution in [2.45, 2.75) is 89.6 Å². The van der Waals surface area contributed by atoms with E-state index in [1.54, 1.807) is 6.92 Å². The fraction of sp³-hybridized carbons (Fsp3) is 0.708. The van der Waals surface area contributed by atoms with Gasteiger partial charge >= 0.3 is 18.1 Å². The van der Waals surface area contributed by atoms with Crippen LogP contribution in [0.5, 0.6) is 0 Å². The average molecular weight is 525 g/mol. The number of β-lactam (4-membered cyclic amide) rings is 1. The summed E-state index contributed by atoms with van der Waals surface area (Å²) in [5.41, 5.74) is 0.0766. The molecular weight excluding hydrogens is 492 g/mol. The van der Waals surface area contributed by atoms with Crippen molar-refractivity contribution in [3.05, 3.63) is 10.6 Å². The van der Waals surface area contributed by atoms with Crippen LogP contribution in [0.4, 0.5) is 4.79 Å². The van der Waals surface area contributed by atoms with Crippen LogP contribution in [0.25, 0.3) is 0 Å². The zero-order chi connectivity index (χ0) is 26.1. The van der Waals surface area contributed by atoms with Crippen molar-refractivity contribution in [2.75, 3.05) is 6.54 Å². The van der Waals surface area contributed by atoms with Crippen LogP contribution in [0.3, 0.4) is 0 Å². The molecule has 0 radical (unpaired) electrons. The molecule has 12 heteroatoms. The molecule has 4 aliphatic rings. The number of nitrogens with one attached hydrogen (secondary N) is 1. The fourth-order valence-electron chi connectivity index (χ4n) is 5.37. The maximum absolute atomic E-state index is 13.3. The molecule has 1 saturated carbocycles. The molecule has 11 nitrogen and oxygen atoms in total. The van der Waals surface area contributed by atoms with Gasteiger partial charge in [-0.15, -0.1) is 11.8 Å². The van der Waals surface area contributed by atoms with E-state index in [9.17, 15) is 24.0 Å². The molecule has 1 N–H and O–H groups in total. The van der Waals surface area contributed by atoms with Crippen molar-refractivity contribution >= 4 is 41.7 Å². The van der Waals surface area contributed by atoms with E-state index in [4.69, 9.17) is 18.9 Å². The predicted molar refractivity (Wildman–Crippen MR) is 126 cm³/mol. The number of hydrogen-bond donors (Lipinski definition) is 1. The first kappa shape index (κ1) is 26.3. The number of thioether (sulfide) groups is 1. The van der Waals surface area contributed by atoms with Gasteiger partial charge in [-0.25, -0.2) is 9.59 Å². The molecule has 0 aromatic carbocycles. The van der Waals surface area contributed by atoms with E-state index < -0.39 is 42.4 Å². The van der Waals surface area contributed by atoms with Crippen molar-refractivity contribution in [3.63, 3.8) is 0 Å². The molecule has 1 aliphatic carbocycles. The van der Waals surface area contributed by atoms with Gasteiger partial charge in [0.25, 0.3) is 0 Å². The van der Waals surface area contributed by atoms with E-state index in [2.05, 4.69) is 5.32 Å². The molecule has 0 aromatic rings. The van der Waals surface area contributed by atoms with E-state index in [1.165, 1.54) is 30.5 Å². The fourth-order valence-corrected chi connectivity index (χ4v) is 6.78. The van der Waals surface area contributed by atoms with Crippen LogP contribution in [0, 0.1) is 11.8 Å². The Morgan fingerprint density at radius 2 is 1.78 bits per heavy atom. The quantitative estimate of drug-likeness (QED) is 0.218. The third-order valence-electron chi connectivity index (χ3n) is 6.97. The zero-order valence-electron chi connectivity index (χ0n) is 20.8. The molecule has 0 spiro atoms. The van der Waals surface area contributed by atoms with E-state index in [1.807, 2.05) is 6.92 Å². The maximum Gasteiger partial charge on any atom is 0.511 e. The second kappa shape index (κ2) is 10.7. The van der Waals surface area contributed by atoms with Gasteiger partial charge in [0, 0.05) is 42.9 Å². The van der Waals surface area contributed by atoms with E-state index in [0.29, 0.717) is 17.9 Å². The van der Waals surface area contributed by atoms with Crippen LogP contribution < -0.4 is 5.32 Å². The molecule has 3 aliphatic heterocycles. The van der Waals surface area contributed by atoms with Gasteiger partial charge in [0.2, 0.25) is 18.1 Å². The second-order valence-electron chi connectivity index (χ2n) is 9.65. The lowest BCUT2D eigenvalue weighted by Crippen LogP contribution is -2.64. The Kier molecular flexibility index (Phi) is 7.82. The monoisotopic (exact) mass is 524 g/mol. The highest BCUT2D eigenvalue weighted by Gasteiger charge is 2.61. The van der Waals surface area contributed by atoms with Gasteiger partial charge in [-0.2, -0.15) is 0 Å². The molecule has 6 atom stereocenters. The SMILES string of the molecule is CC(=O)O[C@H](C)C1C(=O)N2C(C(=O)OC(C)OC(=O)OC3CCCC3)=C(SC3CNC(=O)C3)[C@H](C)C12. The number of fused-ring (bicyclic) bond motifs is 1. The summed E-state index contributed by atoms with van der Waals surface area (Å²) in [5.74, 6) is -2.59. The molecule has 4 unspecified atom stereocenters. The van der Waals surface area contributed by atoms with Gasteiger partial charge in [-0.1, -0.05) is 6.92 Å². The smallest absolute Gasteiger partial charge is 0.462 e. The molecule has 3 heterocycles. The molecule has 2 amide bonds. The van der Waals surface area contributed by atoms with Crippen molar-refractivity contribution in [2.24, 2.45) is 11.8 Å². The average Bonchev–Trinajstić information content (AvgIpc) is 3.48. The highest BCUT2D eigenvalue weighted by molar-refractivity contribution is 8.03. The molecule has 198 valence electrons. The normalized spacial score (nSPS) is 29.3. The van der Waals surface area contributed by atoms with Gasteiger partial charge in [0.1, 0.15) is 17.9 Å².